The molecule has 1 saturated heterocycles. The maximum atomic E-state index is 12.7. The lowest BCUT2D eigenvalue weighted by atomic mass is 9.97. The van der Waals surface area contributed by atoms with Gasteiger partial charge in [-0.05, 0) is 38.4 Å². The summed E-state index contributed by atoms with van der Waals surface area (Å²) >= 11 is 6.04. The zero-order valence-corrected chi connectivity index (χ0v) is 16.6. The number of benzene rings is 1. The molecule has 5 nitrogen and oxygen atoms in total. The number of nitrogen functional groups attached to an aromatic ring is 1. The van der Waals surface area contributed by atoms with E-state index in [1.54, 1.807) is 17.0 Å². The predicted molar refractivity (Wildman–Crippen MR) is 104 cm³/mol. The monoisotopic (exact) mass is 397 g/mol. The summed E-state index contributed by atoms with van der Waals surface area (Å²) in [7, 11) is 5.47. The third kappa shape index (κ3) is 5.59. The first kappa shape index (κ1) is 23.1. The van der Waals surface area contributed by atoms with Crippen molar-refractivity contribution in [2.45, 2.75) is 12.8 Å². The second kappa shape index (κ2) is 10.2. The first-order chi connectivity index (χ1) is 10.4. The lowest BCUT2D eigenvalue weighted by Crippen LogP contribution is -2.40. The van der Waals surface area contributed by atoms with Crippen molar-refractivity contribution in [1.29, 1.82) is 0 Å². The van der Waals surface area contributed by atoms with Crippen molar-refractivity contribution in [2.24, 2.45) is 5.92 Å². The Morgan fingerprint density at radius 2 is 2.12 bits per heavy atom. The van der Waals surface area contributed by atoms with Crippen molar-refractivity contribution in [1.82, 2.24) is 9.80 Å². The Bertz CT molecular complexity index is 558. The molecule has 0 spiro atoms. The minimum atomic E-state index is -0.0908. The zero-order chi connectivity index (χ0) is 16.3. The number of halogens is 3. The molecule has 1 aliphatic rings. The van der Waals surface area contributed by atoms with Crippen molar-refractivity contribution in [3.05, 3.63) is 22.7 Å². The molecule has 8 heteroatoms. The first-order valence-corrected chi connectivity index (χ1v) is 7.87. The summed E-state index contributed by atoms with van der Waals surface area (Å²) < 4.78 is 5.27. The van der Waals surface area contributed by atoms with E-state index in [2.05, 4.69) is 11.9 Å². The number of rotatable bonds is 4. The van der Waals surface area contributed by atoms with Gasteiger partial charge in [0.1, 0.15) is 5.75 Å². The molecule has 1 atom stereocenters. The smallest absolute Gasteiger partial charge is 0.257 e. The van der Waals surface area contributed by atoms with Gasteiger partial charge in [0.25, 0.3) is 5.91 Å². The number of amides is 1. The molecule has 1 aliphatic heterocycles. The van der Waals surface area contributed by atoms with Crippen molar-refractivity contribution in [3.8, 4) is 5.75 Å². The Hall–Kier alpha value is -0.880. The number of nitrogens with zero attached hydrogens (tertiary/aromatic N) is 2. The van der Waals surface area contributed by atoms with E-state index in [0.717, 1.165) is 26.1 Å². The minimum Gasteiger partial charge on any atom is -0.496 e. The highest BCUT2D eigenvalue weighted by molar-refractivity contribution is 6.33. The van der Waals surface area contributed by atoms with Gasteiger partial charge >= 0.3 is 0 Å². The van der Waals surface area contributed by atoms with Crippen LogP contribution in [-0.2, 0) is 0 Å². The fourth-order valence-corrected chi connectivity index (χ4v) is 3.17. The molecule has 1 aromatic carbocycles. The highest BCUT2D eigenvalue weighted by Gasteiger charge is 2.23. The molecule has 1 amide bonds. The second-order valence-electron chi connectivity index (χ2n) is 6.03. The van der Waals surface area contributed by atoms with E-state index < -0.39 is 0 Å². The Morgan fingerprint density at radius 3 is 2.71 bits per heavy atom. The Morgan fingerprint density at radius 1 is 1.46 bits per heavy atom. The molecule has 1 fully saturated rings. The number of ether oxygens (including phenoxy) is 1. The zero-order valence-electron chi connectivity index (χ0n) is 14.3. The van der Waals surface area contributed by atoms with Gasteiger partial charge in [-0.25, -0.2) is 0 Å². The maximum Gasteiger partial charge on any atom is 0.257 e. The van der Waals surface area contributed by atoms with Crippen LogP contribution in [0.15, 0.2) is 12.1 Å². The third-order valence-electron chi connectivity index (χ3n) is 4.15. The average molecular weight is 399 g/mol. The molecule has 2 rings (SSSR count). The van der Waals surface area contributed by atoms with E-state index in [9.17, 15) is 4.79 Å². The predicted octanol–water partition coefficient (Wildman–Crippen LogP) is 3.19. The highest BCUT2D eigenvalue weighted by atomic mass is 35.5. The molecule has 1 heterocycles. The molecule has 1 unspecified atom stereocenters. The Labute approximate surface area is 161 Å². The molecule has 0 saturated carbocycles. The Kier molecular flexibility index (Phi) is 9.81. The van der Waals surface area contributed by atoms with Gasteiger partial charge in [-0.2, -0.15) is 0 Å². The summed E-state index contributed by atoms with van der Waals surface area (Å²) in [5.41, 5.74) is 6.62. The number of carbonyl (C=O) groups is 1. The molecule has 0 radical (unpaired) electrons. The van der Waals surface area contributed by atoms with Gasteiger partial charge in [0, 0.05) is 26.2 Å². The lowest BCUT2D eigenvalue weighted by Gasteiger charge is -2.32. The van der Waals surface area contributed by atoms with Gasteiger partial charge in [0.2, 0.25) is 0 Å². The van der Waals surface area contributed by atoms with E-state index in [1.807, 2.05) is 7.05 Å². The summed E-state index contributed by atoms with van der Waals surface area (Å²) in [6.07, 6.45) is 2.34. The van der Waals surface area contributed by atoms with E-state index in [-0.39, 0.29) is 30.7 Å². The number of anilines is 1. The van der Waals surface area contributed by atoms with Crippen LogP contribution in [0, 0.1) is 5.92 Å². The van der Waals surface area contributed by atoms with E-state index in [1.165, 1.54) is 13.5 Å². The maximum absolute atomic E-state index is 12.7. The molecule has 0 aliphatic carbocycles. The van der Waals surface area contributed by atoms with E-state index >= 15 is 0 Å². The van der Waals surface area contributed by atoms with Crippen molar-refractivity contribution < 1.29 is 9.53 Å². The SMILES string of the molecule is COc1cc(N)c(Cl)cc1C(=O)N(C)CC1CCCN(C)C1.Cl.Cl. The normalized spacial score (nSPS) is 17.4. The number of hydrogen-bond acceptors (Lipinski definition) is 4. The topological polar surface area (TPSA) is 58.8 Å². The molecule has 138 valence electrons. The molecule has 0 bridgehead atoms. The number of piperidine rings is 1. The summed E-state index contributed by atoms with van der Waals surface area (Å²) in [5.74, 6) is 0.870. The van der Waals surface area contributed by atoms with Gasteiger partial charge in [-0.3, -0.25) is 4.79 Å². The van der Waals surface area contributed by atoms with Crippen molar-refractivity contribution >= 4 is 48.0 Å². The van der Waals surface area contributed by atoms with Crippen LogP contribution in [0.4, 0.5) is 5.69 Å². The largest absolute Gasteiger partial charge is 0.496 e. The molecular formula is C16H26Cl3N3O2. The van der Waals surface area contributed by atoms with Crippen LogP contribution >= 0.6 is 36.4 Å². The lowest BCUT2D eigenvalue weighted by molar-refractivity contribution is 0.0737. The van der Waals surface area contributed by atoms with Crippen LogP contribution < -0.4 is 10.5 Å². The number of likely N-dealkylation sites (tertiary alicyclic amines) is 1. The minimum absolute atomic E-state index is 0. The highest BCUT2D eigenvalue weighted by Crippen LogP contribution is 2.30. The molecule has 0 aromatic heterocycles. The molecule has 2 N–H and O–H groups in total. The second-order valence-corrected chi connectivity index (χ2v) is 6.44. The van der Waals surface area contributed by atoms with Gasteiger partial charge < -0.3 is 20.3 Å². The van der Waals surface area contributed by atoms with Crippen molar-refractivity contribution in [2.75, 3.05) is 46.6 Å². The van der Waals surface area contributed by atoms with Gasteiger partial charge in [-0.15, -0.1) is 24.8 Å². The van der Waals surface area contributed by atoms with Gasteiger partial charge in [-0.1, -0.05) is 11.6 Å². The van der Waals surface area contributed by atoms with Crippen LogP contribution in [0.2, 0.25) is 5.02 Å². The van der Waals surface area contributed by atoms with Crippen LogP contribution in [0.3, 0.4) is 0 Å². The summed E-state index contributed by atoms with van der Waals surface area (Å²) in [5, 5.41) is 0.370. The summed E-state index contributed by atoms with van der Waals surface area (Å²) in [6.45, 7) is 2.89. The molecular weight excluding hydrogens is 373 g/mol. The number of methoxy groups -OCH3 is 1. The average Bonchev–Trinajstić information content (AvgIpc) is 2.48. The van der Waals surface area contributed by atoms with Gasteiger partial charge in [0.15, 0.2) is 0 Å². The van der Waals surface area contributed by atoms with Gasteiger partial charge in [0.05, 0.1) is 23.4 Å². The number of hydrogen-bond donors (Lipinski definition) is 1. The van der Waals surface area contributed by atoms with Crippen molar-refractivity contribution in [3.63, 3.8) is 0 Å². The third-order valence-corrected chi connectivity index (χ3v) is 4.48. The van der Waals surface area contributed by atoms with Crippen LogP contribution in [0.1, 0.15) is 23.2 Å². The molecule has 1 aromatic rings. The van der Waals surface area contributed by atoms with E-state index in [4.69, 9.17) is 22.1 Å². The fourth-order valence-electron chi connectivity index (χ4n) is 3.00. The van der Waals surface area contributed by atoms with E-state index in [0.29, 0.717) is 27.9 Å². The molecule has 24 heavy (non-hydrogen) atoms. The first-order valence-electron chi connectivity index (χ1n) is 7.49. The van der Waals surface area contributed by atoms with Crippen LogP contribution in [-0.4, -0.2) is 56.5 Å². The quantitative estimate of drug-likeness (QED) is 0.791. The van der Waals surface area contributed by atoms with Crippen LogP contribution in [0.5, 0.6) is 5.75 Å². The fraction of sp³-hybridized carbons (Fsp3) is 0.562. The van der Waals surface area contributed by atoms with Crippen LogP contribution in [0.25, 0.3) is 0 Å². The summed E-state index contributed by atoms with van der Waals surface area (Å²) in [6, 6.07) is 3.18. The number of nitrogens with two attached hydrogens (primary N) is 1. The summed E-state index contributed by atoms with van der Waals surface area (Å²) in [4.78, 5) is 16.7. The Balaban J connectivity index is 0.00000264. The standard InChI is InChI=1S/C16H24ClN3O2.2ClH/c1-19-6-4-5-11(9-19)10-20(2)16(21)12-7-13(17)14(18)8-15(12)22-3;;/h7-8,11H,4-6,9-10,18H2,1-3H3;2*1H. The number of carbonyl (C=O) groups excluding carboxylic acids is 1.